The maximum absolute atomic E-state index is 11.7. The highest BCUT2D eigenvalue weighted by molar-refractivity contribution is 5.84. The molecule has 0 aliphatic rings. The zero-order valence-electron chi connectivity index (χ0n) is 9.83. The Morgan fingerprint density at radius 1 is 1.33 bits per heavy atom. The Morgan fingerprint density at radius 3 is 2.20 bits per heavy atom. The van der Waals surface area contributed by atoms with E-state index in [4.69, 9.17) is 5.21 Å². The highest BCUT2D eigenvalue weighted by atomic mass is 16.5. The fraction of sp³-hybridized carbons (Fsp3) is 0.800. The van der Waals surface area contributed by atoms with Gasteiger partial charge < -0.3 is 4.90 Å². The highest BCUT2D eigenvalue weighted by Gasteiger charge is 2.21. The molecule has 0 aromatic heterocycles. The Labute approximate surface area is 90.4 Å². The van der Waals surface area contributed by atoms with Crippen LogP contribution in [-0.2, 0) is 9.59 Å². The number of hydrogen-bond acceptors (Lipinski definition) is 3. The van der Waals surface area contributed by atoms with E-state index in [-0.39, 0.29) is 17.9 Å². The summed E-state index contributed by atoms with van der Waals surface area (Å²) in [7, 11) is 0. The average Bonchev–Trinajstić information content (AvgIpc) is 2.10. The van der Waals surface area contributed by atoms with Crippen molar-refractivity contribution in [1.82, 2.24) is 10.4 Å². The van der Waals surface area contributed by atoms with Gasteiger partial charge in [0.25, 0.3) is 5.91 Å². The summed E-state index contributed by atoms with van der Waals surface area (Å²) in [5.41, 5.74) is 1.42. The van der Waals surface area contributed by atoms with Crippen LogP contribution < -0.4 is 5.48 Å². The Kier molecular flexibility index (Phi) is 5.28. The van der Waals surface area contributed by atoms with Gasteiger partial charge in [0.2, 0.25) is 5.91 Å². The standard InChI is InChI=1S/C10H20N2O3/c1-5-12(7-8(13)11-15)9(14)6-10(2,3)4/h15H,5-7H2,1-4H3,(H,11,13). The lowest BCUT2D eigenvalue weighted by atomic mass is 9.91. The highest BCUT2D eigenvalue weighted by Crippen LogP contribution is 2.19. The van der Waals surface area contributed by atoms with Crippen molar-refractivity contribution in [3.8, 4) is 0 Å². The van der Waals surface area contributed by atoms with Crippen molar-refractivity contribution in [3.05, 3.63) is 0 Å². The van der Waals surface area contributed by atoms with Gasteiger partial charge in [-0.25, -0.2) is 5.48 Å². The van der Waals surface area contributed by atoms with Gasteiger partial charge >= 0.3 is 0 Å². The molecule has 5 nitrogen and oxygen atoms in total. The quantitative estimate of drug-likeness (QED) is 0.539. The lowest BCUT2D eigenvalue weighted by Crippen LogP contribution is -2.40. The Hall–Kier alpha value is -1.10. The van der Waals surface area contributed by atoms with Crippen molar-refractivity contribution < 1.29 is 14.8 Å². The predicted molar refractivity (Wildman–Crippen MR) is 56.3 cm³/mol. The first kappa shape index (κ1) is 13.9. The summed E-state index contributed by atoms with van der Waals surface area (Å²) >= 11 is 0. The number of rotatable bonds is 4. The van der Waals surface area contributed by atoms with Gasteiger partial charge in [0.15, 0.2) is 0 Å². The molecule has 15 heavy (non-hydrogen) atoms. The molecule has 0 saturated heterocycles. The molecule has 0 radical (unpaired) electrons. The number of amides is 2. The minimum absolute atomic E-state index is 0.0754. The maximum atomic E-state index is 11.7. The molecule has 0 aromatic carbocycles. The van der Waals surface area contributed by atoms with Crippen LogP contribution in [0.2, 0.25) is 0 Å². The van der Waals surface area contributed by atoms with Crippen molar-refractivity contribution in [2.75, 3.05) is 13.1 Å². The molecule has 0 aliphatic heterocycles. The zero-order valence-corrected chi connectivity index (χ0v) is 9.83. The topological polar surface area (TPSA) is 69.6 Å². The molecule has 2 amide bonds. The minimum Gasteiger partial charge on any atom is -0.334 e. The predicted octanol–water partition coefficient (Wildman–Crippen LogP) is 0.776. The lowest BCUT2D eigenvalue weighted by molar-refractivity contribution is -0.140. The number of carbonyl (C=O) groups excluding carboxylic acids is 2. The average molecular weight is 216 g/mol. The molecule has 0 spiro atoms. The van der Waals surface area contributed by atoms with Crippen LogP contribution in [-0.4, -0.2) is 35.0 Å². The van der Waals surface area contributed by atoms with Crippen molar-refractivity contribution in [3.63, 3.8) is 0 Å². The summed E-state index contributed by atoms with van der Waals surface area (Å²) in [5, 5.41) is 8.36. The number of carbonyl (C=O) groups is 2. The Balaban J connectivity index is 4.29. The summed E-state index contributed by atoms with van der Waals surface area (Å²) < 4.78 is 0. The first-order valence-corrected chi connectivity index (χ1v) is 5.01. The van der Waals surface area contributed by atoms with Crippen LogP contribution in [0.25, 0.3) is 0 Å². The van der Waals surface area contributed by atoms with Crippen LogP contribution in [0.5, 0.6) is 0 Å². The molecule has 88 valence electrons. The zero-order chi connectivity index (χ0) is 12.1. The van der Waals surface area contributed by atoms with Gasteiger partial charge in [0.1, 0.15) is 6.54 Å². The van der Waals surface area contributed by atoms with E-state index < -0.39 is 5.91 Å². The van der Waals surface area contributed by atoms with Gasteiger partial charge in [-0.15, -0.1) is 0 Å². The molecule has 0 atom stereocenters. The number of hydroxylamine groups is 1. The van der Waals surface area contributed by atoms with E-state index in [1.807, 2.05) is 20.8 Å². The number of nitrogens with one attached hydrogen (secondary N) is 1. The fourth-order valence-corrected chi connectivity index (χ4v) is 1.15. The van der Waals surface area contributed by atoms with Gasteiger partial charge in [-0.05, 0) is 12.3 Å². The van der Waals surface area contributed by atoms with Crippen LogP contribution in [0, 0.1) is 5.41 Å². The molecule has 0 aromatic rings. The summed E-state index contributed by atoms with van der Waals surface area (Å²) in [6.07, 6.45) is 0.388. The second kappa shape index (κ2) is 5.70. The van der Waals surface area contributed by atoms with E-state index in [1.165, 1.54) is 10.4 Å². The Morgan fingerprint density at radius 2 is 1.87 bits per heavy atom. The molecule has 0 heterocycles. The molecule has 2 N–H and O–H groups in total. The fourth-order valence-electron chi connectivity index (χ4n) is 1.15. The second-order valence-electron chi connectivity index (χ2n) is 4.68. The van der Waals surface area contributed by atoms with E-state index in [0.29, 0.717) is 13.0 Å². The molecule has 0 saturated carbocycles. The molecular weight excluding hydrogens is 196 g/mol. The van der Waals surface area contributed by atoms with Gasteiger partial charge in [0, 0.05) is 13.0 Å². The van der Waals surface area contributed by atoms with Gasteiger partial charge in [-0.2, -0.15) is 0 Å². The van der Waals surface area contributed by atoms with Gasteiger partial charge in [-0.1, -0.05) is 20.8 Å². The molecule has 0 rings (SSSR count). The normalized spacial score (nSPS) is 11.0. The number of likely N-dealkylation sites (N-methyl/N-ethyl adjacent to an activating group) is 1. The second-order valence-corrected chi connectivity index (χ2v) is 4.68. The van der Waals surface area contributed by atoms with E-state index >= 15 is 0 Å². The third-order valence-corrected chi connectivity index (χ3v) is 1.88. The van der Waals surface area contributed by atoms with Crippen LogP contribution in [0.1, 0.15) is 34.1 Å². The Bertz CT molecular complexity index is 233. The lowest BCUT2D eigenvalue weighted by Gasteiger charge is -2.24. The third kappa shape index (κ3) is 6.06. The summed E-state index contributed by atoms with van der Waals surface area (Å²) in [5.74, 6) is -0.646. The SMILES string of the molecule is CCN(CC(=O)NO)C(=O)CC(C)(C)C. The molecule has 0 aliphatic carbocycles. The van der Waals surface area contributed by atoms with Crippen molar-refractivity contribution in [1.29, 1.82) is 0 Å². The number of hydrogen-bond donors (Lipinski definition) is 2. The van der Waals surface area contributed by atoms with Crippen LogP contribution in [0.4, 0.5) is 0 Å². The van der Waals surface area contributed by atoms with Crippen LogP contribution in [0.15, 0.2) is 0 Å². The van der Waals surface area contributed by atoms with Crippen molar-refractivity contribution >= 4 is 11.8 Å². The maximum Gasteiger partial charge on any atom is 0.262 e. The summed E-state index contributed by atoms with van der Waals surface area (Å²) in [6, 6.07) is 0. The first-order chi connectivity index (χ1) is 6.80. The van der Waals surface area contributed by atoms with Crippen LogP contribution in [0.3, 0.4) is 0 Å². The molecule has 0 unspecified atom stereocenters. The van der Waals surface area contributed by atoms with E-state index in [1.54, 1.807) is 6.92 Å². The van der Waals surface area contributed by atoms with Gasteiger partial charge in [-0.3, -0.25) is 14.8 Å². The molecule has 5 heteroatoms. The van der Waals surface area contributed by atoms with Crippen molar-refractivity contribution in [2.45, 2.75) is 34.1 Å². The third-order valence-electron chi connectivity index (χ3n) is 1.88. The largest absolute Gasteiger partial charge is 0.334 e. The number of nitrogens with zero attached hydrogens (tertiary/aromatic N) is 1. The van der Waals surface area contributed by atoms with E-state index in [9.17, 15) is 9.59 Å². The van der Waals surface area contributed by atoms with Gasteiger partial charge in [0.05, 0.1) is 0 Å². The summed E-state index contributed by atoms with van der Waals surface area (Å²) in [6.45, 7) is 8.05. The monoisotopic (exact) mass is 216 g/mol. The smallest absolute Gasteiger partial charge is 0.262 e. The van der Waals surface area contributed by atoms with Crippen molar-refractivity contribution in [2.24, 2.45) is 5.41 Å². The summed E-state index contributed by atoms with van der Waals surface area (Å²) in [4.78, 5) is 24.0. The first-order valence-electron chi connectivity index (χ1n) is 5.01. The van der Waals surface area contributed by atoms with E-state index in [0.717, 1.165) is 0 Å². The molecule has 0 bridgehead atoms. The molecule has 0 fully saturated rings. The minimum atomic E-state index is -0.570. The van der Waals surface area contributed by atoms with Crippen LogP contribution >= 0.6 is 0 Å². The van der Waals surface area contributed by atoms with E-state index in [2.05, 4.69) is 0 Å². The molecular formula is C10H20N2O3.